The number of anilines is 1. The molecule has 1 aromatic heterocycles. The van der Waals surface area contributed by atoms with Crippen LogP contribution in [0.25, 0.3) is 11.0 Å². The van der Waals surface area contributed by atoms with Crippen molar-refractivity contribution >= 4 is 34.3 Å². The van der Waals surface area contributed by atoms with Gasteiger partial charge in [-0.1, -0.05) is 0 Å². The fourth-order valence-electron chi connectivity index (χ4n) is 2.59. The summed E-state index contributed by atoms with van der Waals surface area (Å²) in [5.74, 6) is -1.24. The third-order valence-electron chi connectivity index (χ3n) is 3.80. The molecule has 2 N–H and O–H groups in total. The highest BCUT2D eigenvalue weighted by Gasteiger charge is 2.35. The molecular formula is C14H13N5O7. The molecule has 0 fully saturated rings. The van der Waals surface area contributed by atoms with Crippen LogP contribution in [0.5, 0.6) is 0 Å². The summed E-state index contributed by atoms with van der Waals surface area (Å²) in [6.45, 7) is -0.282. The number of hydrogen-bond acceptors (Lipinski definition) is 10. The number of carbonyl (C=O) groups excluding carboxylic acids is 2. The number of aliphatic hydroxyl groups is 1. The van der Waals surface area contributed by atoms with Crippen LogP contribution >= 0.6 is 0 Å². The monoisotopic (exact) mass is 363 g/mol. The zero-order valence-electron chi connectivity index (χ0n) is 13.5. The first kappa shape index (κ1) is 17.3. The fraction of sp³-hybridized carbons (Fsp3) is 0.286. The maximum absolute atomic E-state index is 12.5. The molecule has 1 aliphatic rings. The van der Waals surface area contributed by atoms with Crippen LogP contribution in [-0.2, 0) is 14.3 Å². The molecule has 26 heavy (non-hydrogen) atoms. The van der Waals surface area contributed by atoms with Gasteiger partial charge in [0, 0.05) is 12.6 Å². The Hall–Kier alpha value is -3.54. The molecule has 1 aromatic carbocycles. The fourth-order valence-corrected chi connectivity index (χ4v) is 2.59. The van der Waals surface area contributed by atoms with Gasteiger partial charge in [0.25, 0.3) is 5.91 Å². The Morgan fingerprint density at radius 3 is 2.85 bits per heavy atom. The second-order valence-corrected chi connectivity index (χ2v) is 5.27. The number of hydrogen-bond donors (Lipinski definition) is 2. The van der Waals surface area contributed by atoms with E-state index in [0.717, 1.165) is 0 Å². The number of carbonyl (C=O) groups is 2. The van der Waals surface area contributed by atoms with E-state index < -0.39 is 16.8 Å². The number of esters is 1. The van der Waals surface area contributed by atoms with E-state index in [1.807, 2.05) is 0 Å². The van der Waals surface area contributed by atoms with Gasteiger partial charge in [-0.3, -0.25) is 14.9 Å². The minimum atomic E-state index is -0.710. The van der Waals surface area contributed by atoms with Gasteiger partial charge >= 0.3 is 11.7 Å². The number of amides is 1. The number of benzene rings is 1. The Morgan fingerprint density at radius 2 is 2.19 bits per heavy atom. The molecule has 0 saturated heterocycles. The highest BCUT2D eigenvalue weighted by Crippen LogP contribution is 2.31. The molecule has 0 unspecified atom stereocenters. The van der Waals surface area contributed by atoms with Crippen molar-refractivity contribution in [2.75, 3.05) is 32.1 Å². The minimum absolute atomic E-state index is 0.0318. The van der Waals surface area contributed by atoms with Gasteiger partial charge in [-0.2, -0.15) is 0 Å². The van der Waals surface area contributed by atoms with Gasteiger partial charge in [-0.25, -0.2) is 9.42 Å². The average molecular weight is 363 g/mol. The minimum Gasteiger partial charge on any atom is -0.466 e. The SMILES string of the molecule is COC(=O)C1=C(Nc2ccc([N+](=O)[O-])c3nonc23)C(=O)N(CCO)C1. The van der Waals surface area contributed by atoms with Crippen molar-refractivity contribution < 1.29 is 29.0 Å². The lowest BCUT2D eigenvalue weighted by molar-refractivity contribution is -0.383. The predicted molar refractivity (Wildman–Crippen MR) is 84.8 cm³/mol. The van der Waals surface area contributed by atoms with E-state index in [-0.39, 0.29) is 53.4 Å². The highest BCUT2D eigenvalue weighted by molar-refractivity contribution is 6.09. The maximum atomic E-state index is 12.5. The number of nitro benzene ring substituents is 1. The van der Waals surface area contributed by atoms with Crippen LogP contribution < -0.4 is 5.32 Å². The second kappa shape index (κ2) is 6.76. The molecule has 0 aliphatic carbocycles. The summed E-state index contributed by atoms with van der Waals surface area (Å²) >= 11 is 0. The number of nitrogens with one attached hydrogen (secondary N) is 1. The molecule has 0 bridgehead atoms. The van der Waals surface area contributed by atoms with E-state index in [1.54, 1.807) is 0 Å². The number of ether oxygens (including phenoxy) is 1. The van der Waals surface area contributed by atoms with Crippen LogP contribution in [0.3, 0.4) is 0 Å². The van der Waals surface area contributed by atoms with Crippen LogP contribution in [0.4, 0.5) is 11.4 Å². The summed E-state index contributed by atoms with van der Waals surface area (Å²) in [5.41, 5.74) is -0.185. The molecular weight excluding hydrogens is 350 g/mol. The summed E-state index contributed by atoms with van der Waals surface area (Å²) in [4.78, 5) is 36.1. The lowest BCUT2D eigenvalue weighted by Crippen LogP contribution is -2.31. The predicted octanol–water partition coefficient (Wildman–Crippen LogP) is -0.196. The van der Waals surface area contributed by atoms with Crippen LogP contribution in [0.15, 0.2) is 28.0 Å². The van der Waals surface area contributed by atoms with E-state index in [0.29, 0.717) is 0 Å². The molecule has 12 heteroatoms. The number of non-ortho nitro benzene ring substituents is 1. The summed E-state index contributed by atoms with van der Waals surface area (Å²) in [6, 6.07) is 2.51. The van der Waals surface area contributed by atoms with Gasteiger partial charge in [-0.15, -0.1) is 0 Å². The Kier molecular flexibility index (Phi) is 4.49. The lowest BCUT2D eigenvalue weighted by atomic mass is 10.2. The molecule has 0 radical (unpaired) electrons. The standard InChI is InChI=1S/C14H13N5O7/c1-25-14(22)7-6-18(4-5-20)13(21)10(7)15-8-2-3-9(19(23)24)12-11(8)16-26-17-12/h2-3,15,20H,4-6H2,1H3. The van der Waals surface area contributed by atoms with Crippen molar-refractivity contribution in [3.63, 3.8) is 0 Å². The van der Waals surface area contributed by atoms with Gasteiger partial charge in [0.2, 0.25) is 5.52 Å². The number of β-amino-alcohol motifs (C(OH)–C–C–N with tert-alkyl or cyclic N) is 1. The van der Waals surface area contributed by atoms with Gasteiger partial charge in [0.15, 0.2) is 5.52 Å². The van der Waals surface area contributed by atoms with Gasteiger partial charge < -0.3 is 20.1 Å². The van der Waals surface area contributed by atoms with Gasteiger partial charge in [0.1, 0.15) is 5.70 Å². The van der Waals surface area contributed by atoms with E-state index >= 15 is 0 Å². The zero-order chi connectivity index (χ0) is 18.8. The third-order valence-corrected chi connectivity index (χ3v) is 3.80. The molecule has 1 amide bonds. The molecule has 12 nitrogen and oxygen atoms in total. The van der Waals surface area contributed by atoms with Crippen LogP contribution in [0, 0.1) is 10.1 Å². The molecule has 3 rings (SSSR count). The number of fused-ring (bicyclic) bond motifs is 1. The third kappa shape index (κ3) is 2.82. The first-order chi connectivity index (χ1) is 12.5. The van der Waals surface area contributed by atoms with Crippen molar-refractivity contribution in [2.45, 2.75) is 0 Å². The van der Waals surface area contributed by atoms with Crippen molar-refractivity contribution in [3.05, 3.63) is 33.5 Å². The number of methoxy groups -OCH3 is 1. The van der Waals surface area contributed by atoms with Gasteiger partial charge in [0.05, 0.1) is 36.4 Å². The maximum Gasteiger partial charge on any atom is 0.337 e. The smallest absolute Gasteiger partial charge is 0.337 e. The Balaban J connectivity index is 2.03. The van der Waals surface area contributed by atoms with Crippen molar-refractivity contribution in [1.82, 2.24) is 15.2 Å². The molecule has 136 valence electrons. The number of nitro groups is 1. The topological polar surface area (TPSA) is 161 Å². The number of aromatic nitrogens is 2. The van der Waals surface area contributed by atoms with Crippen LogP contribution in [0.2, 0.25) is 0 Å². The van der Waals surface area contributed by atoms with Crippen LogP contribution in [-0.4, -0.2) is 63.9 Å². The summed E-state index contributed by atoms with van der Waals surface area (Å²) in [5, 5.41) is 30.0. The van der Waals surface area contributed by atoms with E-state index in [1.165, 1.54) is 24.1 Å². The molecule has 0 atom stereocenters. The quantitative estimate of drug-likeness (QED) is 0.399. The van der Waals surface area contributed by atoms with E-state index in [2.05, 4.69) is 25.0 Å². The van der Waals surface area contributed by atoms with E-state index in [9.17, 15) is 19.7 Å². The largest absolute Gasteiger partial charge is 0.466 e. The van der Waals surface area contributed by atoms with Crippen LogP contribution in [0.1, 0.15) is 0 Å². The Bertz CT molecular complexity index is 935. The molecule has 2 aromatic rings. The number of rotatable bonds is 6. The Morgan fingerprint density at radius 1 is 1.46 bits per heavy atom. The van der Waals surface area contributed by atoms with Crippen molar-refractivity contribution in [2.24, 2.45) is 0 Å². The normalized spacial score (nSPS) is 14.2. The molecule has 2 heterocycles. The van der Waals surface area contributed by atoms with Crippen molar-refractivity contribution in [3.8, 4) is 0 Å². The summed E-state index contributed by atoms with van der Waals surface area (Å²) < 4.78 is 9.25. The summed E-state index contributed by atoms with van der Waals surface area (Å²) in [7, 11) is 1.18. The van der Waals surface area contributed by atoms with Gasteiger partial charge in [-0.05, 0) is 16.4 Å². The van der Waals surface area contributed by atoms with E-state index in [4.69, 9.17) is 5.11 Å². The number of aliphatic hydroxyl groups excluding tert-OH is 1. The first-order valence-corrected chi connectivity index (χ1v) is 7.36. The second-order valence-electron chi connectivity index (χ2n) is 5.27. The van der Waals surface area contributed by atoms with Crippen molar-refractivity contribution in [1.29, 1.82) is 0 Å². The first-order valence-electron chi connectivity index (χ1n) is 7.36. The molecule has 0 saturated carbocycles. The lowest BCUT2D eigenvalue weighted by Gasteiger charge is -2.14. The number of nitrogens with zero attached hydrogens (tertiary/aromatic N) is 4. The highest BCUT2D eigenvalue weighted by atomic mass is 16.6. The molecule has 1 aliphatic heterocycles. The molecule has 0 spiro atoms. The average Bonchev–Trinajstić information content (AvgIpc) is 3.22. The zero-order valence-corrected chi connectivity index (χ0v) is 13.5. The Labute approximate surface area is 145 Å². The summed E-state index contributed by atoms with van der Waals surface area (Å²) in [6.07, 6.45) is 0.